The quantitative estimate of drug-likeness (QED) is 0.913. The molecule has 1 aliphatic rings. The van der Waals surface area contributed by atoms with E-state index in [9.17, 15) is 4.79 Å². The minimum Gasteiger partial charge on any atom is -0.381 e. The molecule has 3 N–H and O–H groups in total. The van der Waals surface area contributed by atoms with Gasteiger partial charge in [0.15, 0.2) is 0 Å². The van der Waals surface area contributed by atoms with Crippen LogP contribution in [0, 0.1) is 6.92 Å². The van der Waals surface area contributed by atoms with Crippen molar-refractivity contribution in [3.05, 3.63) is 63.7 Å². The Morgan fingerprint density at radius 2 is 2.00 bits per heavy atom. The first-order valence-corrected chi connectivity index (χ1v) is 7.35. The van der Waals surface area contributed by atoms with Crippen LogP contribution in [-0.2, 0) is 12.8 Å². The number of hydrogen-bond donors (Lipinski definition) is 2. The van der Waals surface area contributed by atoms with Crippen molar-refractivity contribution in [3.63, 3.8) is 0 Å². The van der Waals surface area contributed by atoms with Gasteiger partial charge >= 0.3 is 0 Å². The summed E-state index contributed by atoms with van der Waals surface area (Å²) in [4.78, 5) is 11.4. The summed E-state index contributed by atoms with van der Waals surface area (Å²) >= 11 is 6.04. The third kappa shape index (κ3) is 2.74. The van der Waals surface area contributed by atoms with Gasteiger partial charge in [-0.3, -0.25) is 4.79 Å². The predicted octanol–water partition coefficient (Wildman–Crippen LogP) is 3.33. The fraction of sp³-hybridized carbons (Fsp3) is 0.235. The fourth-order valence-corrected chi connectivity index (χ4v) is 3.16. The number of fused-ring (bicyclic) bond motifs is 1. The second kappa shape index (κ2) is 5.41. The molecule has 1 aliphatic carbocycles. The summed E-state index contributed by atoms with van der Waals surface area (Å²) in [7, 11) is 0. The number of primary amides is 1. The maximum Gasteiger partial charge on any atom is 0.249 e. The summed E-state index contributed by atoms with van der Waals surface area (Å²) in [6.07, 6.45) is 1.91. The molecule has 0 heterocycles. The van der Waals surface area contributed by atoms with Crippen molar-refractivity contribution in [2.24, 2.45) is 5.73 Å². The predicted molar refractivity (Wildman–Crippen MR) is 86.0 cm³/mol. The molecule has 21 heavy (non-hydrogen) atoms. The number of halogens is 1. The molecule has 3 rings (SSSR count). The van der Waals surface area contributed by atoms with E-state index in [0.717, 1.165) is 29.1 Å². The molecule has 0 saturated heterocycles. The molecule has 3 nitrogen and oxygen atoms in total. The lowest BCUT2D eigenvalue weighted by Gasteiger charge is -2.17. The van der Waals surface area contributed by atoms with E-state index in [2.05, 4.69) is 11.4 Å². The summed E-state index contributed by atoms with van der Waals surface area (Å²) in [5.74, 6) is -0.391. The van der Waals surface area contributed by atoms with E-state index in [-0.39, 0.29) is 0 Å². The zero-order chi connectivity index (χ0) is 15.0. The van der Waals surface area contributed by atoms with Gasteiger partial charge in [0.05, 0.1) is 0 Å². The Morgan fingerprint density at radius 1 is 1.24 bits per heavy atom. The lowest BCUT2D eigenvalue weighted by Crippen LogP contribution is -2.21. The average molecular weight is 301 g/mol. The van der Waals surface area contributed by atoms with Crippen molar-refractivity contribution in [2.45, 2.75) is 25.8 Å². The van der Waals surface area contributed by atoms with Gasteiger partial charge in [-0.2, -0.15) is 0 Å². The monoisotopic (exact) mass is 300 g/mol. The Hall–Kier alpha value is -2.00. The van der Waals surface area contributed by atoms with E-state index in [0.29, 0.717) is 11.6 Å². The zero-order valence-electron chi connectivity index (χ0n) is 11.8. The van der Waals surface area contributed by atoms with Gasteiger partial charge in [0.1, 0.15) is 0 Å². The zero-order valence-corrected chi connectivity index (χ0v) is 12.6. The summed E-state index contributed by atoms with van der Waals surface area (Å²) in [5.41, 5.74) is 10.5. The lowest BCUT2D eigenvalue weighted by molar-refractivity contribution is 0.1000. The Morgan fingerprint density at radius 3 is 2.76 bits per heavy atom. The largest absolute Gasteiger partial charge is 0.381 e. The summed E-state index contributed by atoms with van der Waals surface area (Å²) < 4.78 is 0. The topological polar surface area (TPSA) is 55.1 Å². The Bertz CT molecular complexity index is 712. The first-order valence-electron chi connectivity index (χ1n) is 6.98. The summed E-state index contributed by atoms with van der Waals surface area (Å²) in [6, 6.07) is 12.0. The highest BCUT2D eigenvalue weighted by Gasteiger charge is 2.22. The van der Waals surface area contributed by atoms with Gasteiger partial charge in [-0.15, -0.1) is 0 Å². The van der Waals surface area contributed by atoms with Crippen molar-refractivity contribution in [1.82, 2.24) is 0 Å². The molecule has 2 aromatic rings. The van der Waals surface area contributed by atoms with Gasteiger partial charge in [0.2, 0.25) is 5.91 Å². The highest BCUT2D eigenvalue weighted by molar-refractivity contribution is 6.30. The highest BCUT2D eigenvalue weighted by atomic mass is 35.5. The maximum absolute atomic E-state index is 11.4. The van der Waals surface area contributed by atoms with Crippen LogP contribution in [0.2, 0.25) is 5.02 Å². The molecule has 0 saturated carbocycles. The maximum atomic E-state index is 11.4. The molecule has 1 atom stereocenters. The number of benzene rings is 2. The number of nitrogens with two attached hydrogens (primary N) is 1. The van der Waals surface area contributed by atoms with Crippen molar-refractivity contribution in [2.75, 3.05) is 5.32 Å². The van der Waals surface area contributed by atoms with Crippen LogP contribution in [0.1, 0.15) is 27.0 Å². The number of hydrogen-bond acceptors (Lipinski definition) is 2. The second-order valence-electron chi connectivity index (χ2n) is 5.50. The SMILES string of the molecule is Cc1c(NC2Cc3ccc(Cl)cc3C2)cccc1C(N)=O. The first kappa shape index (κ1) is 14.0. The molecule has 108 valence electrons. The van der Waals surface area contributed by atoms with E-state index < -0.39 is 5.91 Å². The molecular formula is C17H17ClN2O. The minimum atomic E-state index is -0.391. The van der Waals surface area contributed by atoms with Crippen LogP contribution in [0.25, 0.3) is 0 Å². The Kier molecular flexibility index (Phi) is 3.60. The van der Waals surface area contributed by atoms with E-state index in [1.807, 2.05) is 31.2 Å². The lowest BCUT2D eigenvalue weighted by atomic mass is 10.1. The van der Waals surface area contributed by atoms with Crippen molar-refractivity contribution in [1.29, 1.82) is 0 Å². The standard InChI is InChI=1S/C17H17ClN2O/c1-10-15(17(19)21)3-2-4-16(10)20-14-8-11-5-6-13(18)7-12(11)9-14/h2-7,14,20H,8-9H2,1H3,(H2,19,21). The molecule has 2 aromatic carbocycles. The first-order chi connectivity index (χ1) is 10.0. The summed E-state index contributed by atoms with van der Waals surface area (Å²) in [5, 5.41) is 4.30. The van der Waals surface area contributed by atoms with Crippen LogP contribution in [-0.4, -0.2) is 11.9 Å². The average Bonchev–Trinajstić information content (AvgIpc) is 2.82. The number of anilines is 1. The molecular weight excluding hydrogens is 284 g/mol. The number of carbonyl (C=O) groups excluding carboxylic acids is 1. The van der Waals surface area contributed by atoms with Crippen LogP contribution in [0.15, 0.2) is 36.4 Å². The van der Waals surface area contributed by atoms with Gasteiger partial charge < -0.3 is 11.1 Å². The van der Waals surface area contributed by atoms with Crippen LogP contribution in [0.4, 0.5) is 5.69 Å². The van der Waals surface area contributed by atoms with E-state index in [4.69, 9.17) is 17.3 Å². The minimum absolute atomic E-state index is 0.320. The Labute approximate surface area is 129 Å². The molecule has 0 aromatic heterocycles. The molecule has 0 radical (unpaired) electrons. The molecule has 1 amide bonds. The second-order valence-corrected chi connectivity index (χ2v) is 5.94. The van der Waals surface area contributed by atoms with Crippen LogP contribution >= 0.6 is 11.6 Å². The number of carbonyl (C=O) groups is 1. The van der Waals surface area contributed by atoms with Gasteiger partial charge in [-0.05, 0) is 60.7 Å². The van der Waals surface area contributed by atoms with Crippen molar-refractivity contribution >= 4 is 23.2 Å². The molecule has 0 bridgehead atoms. The third-order valence-corrected chi connectivity index (χ3v) is 4.29. The van der Waals surface area contributed by atoms with Gasteiger partial charge in [-0.1, -0.05) is 23.7 Å². The smallest absolute Gasteiger partial charge is 0.249 e. The van der Waals surface area contributed by atoms with Gasteiger partial charge in [0, 0.05) is 22.3 Å². The highest BCUT2D eigenvalue weighted by Crippen LogP contribution is 2.28. The van der Waals surface area contributed by atoms with E-state index >= 15 is 0 Å². The molecule has 0 aliphatic heterocycles. The third-order valence-electron chi connectivity index (χ3n) is 4.06. The van der Waals surface area contributed by atoms with Crippen molar-refractivity contribution < 1.29 is 4.79 Å². The fourth-order valence-electron chi connectivity index (χ4n) is 2.97. The molecule has 0 spiro atoms. The molecule has 0 fully saturated rings. The molecule has 1 unspecified atom stereocenters. The molecule has 4 heteroatoms. The van der Waals surface area contributed by atoms with Gasteiger partial charge in [-0.25, -0.2) is 0 Å². The van der Waals surface area contributed by atoms with Crippen LogP contribution in [0.5, 0.6) is 0 Å². The van der Waals surface area contributed by atoms with E-state index in [1.165, 1.54) is 11.1 Å². The number of nitrogens with one attached hydrogen (secondary N) is 1. The van der Waals surface area contributed by atoms with Crippen LogP contribution < -0.4 is 11.1 Å². The Balaban J connectivity index is 1.81. The summed E-state index contributed by atoms with van der Waals surface area (Å²) in [6.45, 7) is 1.92. The normalized spacial score (nSPS) is 16.6. The number of rotatable bonds is 3. The van der Waals surface area contributed by atoms with Crippen LogP contribution in [0.3, 0.4) is 0 Å². The number of amides is 1. The van der Waals surface area contributed by atoms with Gasteiger partial charge in [0.25, 0.3) is 0 Å². The van der Waals surface area contributed by atoms with Crippen molar-refractivity contribution in [3.8, 4) is 0 Å². The van der Waals surface area contributed by atoms with E-state index in [1.54, 1.807) is 6.07 Å².